The second-order valence-electron chi connectivity index (χ2n) is 2.92. The topological polar surface area (TPSA) is 55.4 Å². The van der Waals surface area contributed by atoms with E-state index < -0.39 is 11.7 Å². The van der Waals surface area contributed by atoms with Crippen molar-refractivity contribution in [2.24, 2.45) is 16.6 Å². The van der Waals surface area contributed by atoms with Gasteiger partial charge in [-0.1, -0.05) is 13.8 Å². The molecule has 0 aromatic rings. The van der Waals surface area contributed by atoms with Crippen molar-refractivity contribution in [1.29, 1.82) is 0 Å². The highest BCUT2D eigenvalue weighted by Crippen LogP contribution is 2.08. The third-order valence-corrected chi connectivity index (χ3v) is 1.60. The number of hydrogen-bond donors (Lipinski definition) is 1. The number of hydrogen-bond acceptors (Lipinski definition) is 1. The lowest BCUT2D eigenvalue weighted by Gasteiger charge is -2.01. The van der Waals surface area contributed by atoms with Crippen molar-refractivity contribution in [3.05, 3.63) is 11.9 Å². The number of carbonyl (C=O) groups is 1. The fourth-order valence-corrected chi connectivity index (χ4v) is 0.676. The Bertz CT molecular complexity index is 246. The molecule has 0 rings (SSSR count). The summed E-state index contributed by atoms with van der Waals surface area (Å²) in [4.78, 5) is 13.7. The first-order chi connectivity index (χ1) is 5.97. The van der Waals surface area contributed by atoms with Crippen molar-refractivity contribution in [2.75, 3.05) is 0 Å². The summed E-state index contributed by atoms with van der Waals surface area (Å²) in [6.07, 6.45) is 2.18. The van der Waals surface area contributed by atoms with Gasteiger partial charge in [0.25, 0.3) is 0 Å². The van der Waals surface area contributed by atoms with E-state index in [0.29, 0.717) is 0 Å². The van der Waals surface area contributed by atoms with E-state index in [1.54, 1.807) is 0 Å². The van der Waals surface area contributed by atoms with Crippen molar-refractivity contribution in [3.63, 3.8) is 0 Å². The van der Waals surface area contributed by atoms with Gasteiger partial charge in [-0.15, -0.1) is 0 Å². The highest BCUT2D eigenvalue weighted by atomic mass is 19.1. The second-order valence-corrected chi connectivity index (χ2v) is 2.92. The largest absolute Gasteiger partial charge is 0.381 e. The van der Waals surface area contributed by atoms with Gasteiger partial charge in [-0.05, 0) is 18.4 Å². The normalized spacial score (nSPS) is 15.7. The molecule has 0 saturated heterocycles. The number of nitrogens with zero attached hydrogens (tertiary/aromatic N) is 1. The van der Waals surface area contributed by atoms with Crippen molar-refractivity contribution in [3.8, 4) is 0 Å². The molecule has 4 heteroatoms. The standard InChI is InChI=1S/C9H15FN2O/c1-4-6(2)5-8(10)9(11)12-7(3)13/h5-6H,4H2,1-3H3,(H2,11,12,13)/b8-5+/t6-/m1/s1. The van der Waals surface area contributed by atoms with Crippen LogP contribution in [0, 0.1) is 5.92 Å². The molecular formula is C9H15FN2O. The summed E-state index contributed by atoms with van der Waals surface area (Å²) in [5, 5.41) is 0. The first-order valence-electron chi connectivity index (χ1n) is 4.19. The quantitative estimate of drug-likeness (QED) is 0.539. The van der Waals surface area contributed by atoms with E-state index in [1.807, 2.05) is 13.8 Å². The Morgan fingerprint density at radius 2 is 2.23 bits per heavy atom. The average molecular weight is 186 g/mol. The summed E-state index contributed by atoms with van der Waals surface area (Å²) >= 11 is 0. The van der Waals surface area contributed by atoms with Crippen molar-refractivity contribution in [2.45, 2.75) is 27.2 Å². The fourth-order valence-electron chi connectivity index (χ4n) is 0.676. The number of carbonyl (C=O) groups excluding carboxylic acids is 1. The van der Waals surface area contributed by atoms with Crippen LogP contribution in [-0.2, 0) is 4.79 Å². The summed E-state index contributed by atoms with van der Waals surface area (Å²) < 4.78 is 13.0. The van der Waals surface area contributed by atoms with E-state index in [4.69, 9.17) is 5.73 Å². The van der Waals surface area contributed by atoms with Crippen molar-refractivity contribution >= 4 is 11.7 Å². The van der Waals surface area contributed by atoms with E-state index >= 15 is 0 Å². The third-order valence-electron chi connectivity index (χ3n) is 1.60. The van der Waals surface area contributed by atoms with Crippen LogP contribution in [0.4, 0.5) is 4.39 Å². The molecule has 13 heavy (non-hydrogen) atoms. The van der Waals surface area contributed by atoms with Crippen LogP contribution in [0.15, 0.2) is 16.9 Å². The Kier molecular flexibility index (Phi) is 4.96. The first kappa shape index (κ1) is 11.8. The lowest BCUT2D eigenvalue weighted by molar-refractivity contribution is -0.115. The van der Waals surface area contributed by atoms with Crippen LogP contribution < -0.4 is 5.73 Å². The summed E-state index contributed by atoms with van der Waals surface area (Å²) in [6, 6.07) is 0. The van der Waals surface area contributed by atoms with Crippen LogP contribution in [0.3, 0.4) is 0 Å². The summed E-state index contributed by atoms with van der Waals surface area (Å²) in [7, 11) is 0. The molecule has 0 fully saturated rings. The lowest BCUT2D eigenvalue weighted by Crippen LogP contribution is -2.14. The maximum absolute atomic E-state index is 13.0. The van der Waals surface area contributed by atoms with Crippen molar-refractivity contribution in [1.82, 2.24) is 0 Å². The zero-order valence-corrected chi connectivity index (χ0v) is 8.17. The number of nitrogens with two attached hydrogens (primary N) is 1. The number of aliphatic imine (C=N–C) groups is 1. The molecule has 0 bridgehead atoms. The van der Waals surface area contributed by atoms with E-state index in [0.717, 1.165) is 6.42 Å². The van der Waals surface area contributed by atoms with Crippen LogP contribution in [0.2, 0.25) is 0 Å². The molecule has 74 valence electrons. The zero-order chi connectivity index (χ0) is 10.4. The number of amides is 1. The molecule has 1 amide bonds. The summed E-state index contributed by atoms with van der Waals surface area (Å²) in [5.74, 6) is -1.36. The molecule has 0 aromatic carbocycles. The Labute approximate surface area is 77.5 Å². The van der Waals surface area contributed by atoms with Gasteiger partial charge in [0.05, 0.1) is 0 Å². The Balaban J connectivity index is 4.49. The van der Waals surface area contributed by atoms with E-state index in [1.165, 1.54) is 13.0 Å². The Morgan fingerprint density at radius 3 is 2.62 bits per heavy atom. The molecule has 0 aliphatic rings. The minimum absolute atomic E-state index is 0.0979. The smallest absolute Gasteiger partial charge is 0.244 e. The molecule has 0 saturated carbocycles. The Morgan fingerprint density at radius 1 is 1.69 bits per heavy atom. The maximum Gasteiger partial charge on any atom is 0.244 e. The highest BCUT2D eigenvalue weighted by Gasteiger charge is 2.04. The number of amidine groups is 1. The molecule has 1 atom stereocenters. The molecule has 0 heterocycles. The summed E-state index contributed by atoms with van der Waals surface area (Å²) in [6.45, 7) is 5.02. The predicted molar refractivity (Wildman–Crippen MR) is 50.9 cm³/mol. The second kappa shape index (κ2) is 5.45. The van der Waals surface area contributed by atoms with Crippen LogP contribution in [0.5, 0.6) is 0 Å². The predicted octanol–water partition coefficient (Wildman–Crippen LogP) is 1.79. The minimum Gasteiger partial charge on any atom is -0.381 e. The van der Waals surface area contributed by atoms with Gasteiger partial charge in [-0.3, -0.25) is 4.79 Å². The molecule has 0 aromatic heterocycles. The monoisotopic (exact) mass is 186 g/mol. The third kappa shape index (κ3) is 5.11. The molecule has 0 unspecified atom stereocenters. The molecule has 0 aliphatic carbocycles. The fraction of sp³-hybridized carbons (Fsp3) is 0.556. The number of halogens is 1. The van der Waals surface area contributed by atoms with Gasteiger partial charge in [0.15, 0.2) is 11.7 Å². The van der Waals surface area contributed by atoms with Gasteiger partial charge in [0.1, 0.15) is 0 Å². The SMILES string of the molecule is CC[C@@H](C)/C=C(F)\C(N)=N/C(C)=O. The van der Waals surface area contributed by atoms with Gasteiger partial charge in [-0.2, -0.15) is 4.99 Å². The molecule has 2 N–H and O–H groups in total. The van der Waals surface area contributed by atoms with Crippen LogP contribution >= 0.6 is 0 Å². The number of rotatable bonds is 3. The van der Waals surface area contributed by atoms with Crippen LogP contribution in [0.1, 0.15) is 27.2 Å². The minimum atomic E-state index is -0.621. The van der Waals surface area contributed by atoms with Gasteiger partial charge in [-0.25, -0.2) is 4.39 Å². The average Bonchev–Trinajstić information content (AvgIpc) is 2.02. The van der Waals surface area contributed by atoms with E-state index in [-0.39, 0.29) is 11.8 Å². The molecule has 0 spiro atoms. The highest BCUT2D eigenvalue weighted by molar-refractivity contribution is 6.01. The number of allylic oxidation sites excluding steroid dienone is 1. The van der Waals surface area contributed by atoms with Gasteiger partial charge < -0.3 is 5.73 Å². The summed E-state index contributed by atoms with van der Waals surface area (Å²) in [5.41, 5.74) is 5.21. The van der Waals surface area contributed by atoms with Gasteiger partial charge in [0.2, 0.25) is 5.91 Å². The van der Waals surface area contributed by atoms with E-state index in [2.05, 4.69) is 4.99 Å². The maximum atomic E-state index is 13.0. The van der Waals surface area contributed by atoms with Gasteiger partial charge in [0, 0.05) is 6.92 Å². The first-order valence-corrected chi connectivity index (χ1v) is 4.19. The van der Waals surface area contributed by atoms with Gasteiger partial charge >= 0.3 is 0 Å². The zero-order valence-electron chi connectivity index (χ0n) is 8.17. The molecule has 3 nitrogen and oxygen atoms in total. The molecule has 0 aliphatic heterocycles. The van der Waals surface area contributed by atoms with Crippen LogP contribution in [0.25, 0.3) is 0 Å². The Hall–Kier alpha value is -1.19. The molecular weight excluding hydrogens is 171 g/mol. The van der Waals surface area contributed by atoms with Crippen molar-refractivity contribution < 1.29 is 9.18 Å². The molecule has 0 radical (unpaired) electrons. The van der Waals surface area contributed by atoms with Crippen LogP contribution in [-0.4, -0.2) is 11.7 Å². The lowest BCUT2D eigenvalue weighted by atomic mass is 10.1. The van der Waals surface area contributed by atoms with E-state index in [9.17, 15) is 9.18 Å².